The molecule has 2 aromatic rings. The maximum Gasteiger partial charge on any atom is 0.125 e. The maximum absolute atomic E-state index is 13.7. The molecule has 2 aliphatic heterocycles. The fourth-order valence-electron chi connectivity index (χ4n) is 4.69. The van der Waals surface area contributed by atoms with E-state index in [4.69, 9.17) is 5.73 Å². The van der Waals surface area contributed by atoms with Gasteiger partial charge >= 0.3 is 0 Å². The molecule has 148 valence electrons. The quantitative estimate of drug-likeness (QED) is 0.769. The molecule has 0 bridgehead atoms. The lowest BCUT2D eigenvalue weighted by atomic mass is 9.90. The number of nitrogen functional groups attached to an aromatic ring is 1. The number of likely N-dealkylation sites (tertiary alicyclic amines) is 1. The van der Waals surface area contributed by atoms with Crippen LogP contribution in [0.25, 0.3) is 0 Å². The van der Waals surface area contributed by atoms with E-state index in [2.05, 4.69) is 46.7 Å². The third-order valence-corrected chi connectivity index (χ3v) is 6.14. The Morgan fingerprint density at radius 2 is 1.86 bits per heavy atom. The second kappa shape index (κ2) is 8.36. The summed E-state index contributed by atoms with van der Waals surface area (Å²) in [5, 5.41) is 0. The topological polar surface area (TPSA) is 32.5 Å². The monoisotopic (exact) mass is 379 g/mol. The van der Waals surface area contributed by atoms with E-state index in [9.17, 15) is 4.39 Å². The van der Waals surface area contributed by atoms with Crippen LogP contribution in [0.4, 0.5) is 15.8 Å². The normalized spacial score (nSPS) is 18.1. The Morgan fingerprint density at radius 3 is 2.61 bits per heavy atom. The number of anilines is 2. The molecule has 0 spiro atoms. The summed E-state index contributed by atoms with van der Waals surface area (Å²) in [5.41, 5.74) is 11.2. The molecule has 2 N–H and O–H groups in total. The lowest BCUT2D eigenvalue weighted by molar-refractivity contribution is 0.196. The summed E-state index contributed by atoms with van der Waals surface area (Å²) < 4.78 is 13.7. The first kappa shape index (κ1) is 19.0. The molecule has 4 heteroatoms. The number of hydrogen-bond donors (Lipinski definition) is 1. The molecule has 2 aromatic carbocycles. The summed E-state index contributed by atoms with van der Waals surface area (Å²) in [6, 6.07) is 13.9. The van der Waals surface area contributed by atoms with Crippen molar-refractivity contribution < 1.29 is 4.39 Å². The van der Waals surface area contributed by atoms with Crippen LogP contribution in [0, 0.1) is 11.7 Å². The first-order chi connectivity index (χ1) is 13.6. The third-order valence-electron chi connectivity index (χ3n) is 6.14. The average Bonchev–Trinajstić information content (AvgIpc) is 2.69. The van der Waals surface area contributed by atoms with Gasteiger partial charge in [-0.1, -0.05) is 36.9 Å². The number of hydrogen-bond acceptors (Lipinski definition) is 3. The lowest BCUT2D eigenvalue weighted by Crippen LogP contribution is -2.40. The number of piperidine rings is 1. The van der Waals surface area contributed by atoms with Crippen LogP contribution in [0.2, 0.25) is 0 Å². The van der Waals surface area contributed by atoms with Crippen molar-refractivity contribution in [2.45, 2.75) is 32.1 Å². The van der Waals surface area contributed by atoms with Crippen molar-refractivity contribution in [3.05, 3.63) is 71.7 Å². The molecule has 0 aromatic heterocycles. The van der Waals surface area contributed by atoms with Crippen LogP contribution >= 0.6 is 0 Å². The number of halogens is 1. The highest BCUT2D eigenvalue weighted by atomic mass is 19.1. The fourth-order valence-corrected chi connectivity index (χ4v) is 4.69. The Bertz CT molecular complexity index is 825. The van der Waals surface area contributed by atoms with Gasteiger partial charge < -0.3 is 10.6 Å². The molecule has 1 fully saturated rings. The Morgan fingerprint density at radius 1 is 1.11 bits per heavy atom. The molecule has 0 saturated carbocycles. The van der Waals surface area contributed by atoms with E-state index in [1.54, 1.807) is 6.07 Å². The highest BCUT2D eigenvalue weighted by Gasteiger charge is 2.25. The zero-order chi connectivity index (χ0) is 19.5. The number of nitrogens with zero attached hydrogens (tertiary/aromatic N) is 2. The molecule has 0 aliphatic carbocycles. The molecule has 0 radical (unpaired) electrons. The van der Waals surface area contributed by atoms with E-state index in [0.29, 0.717) is 5.69 Å². The molecule has 2 aliphatic rings. The molecule has 0 atom stereocenters. The van der Waals surface area contributed by atoms with Gasteiger partial charge in [0.15, 0.2) is 0 Å². The van der Waals surface area contributed by atoms with Gasteiger partial charge in [-0.05, 0) is 74.4 Å². The average molecular weight is 380 g/mol. The molecule has 1 saturated heterocycles. The Balaban J connectivity index is 1.35. The van der Waals surface area contributed by atoms with Gasteiger partial charge in [0.2, 0.25) is 0 Å². The van der Waals surface area contributed by atoms with Crippen molar-refractivity contribution in [2.75, 3.05) is 36.8 Å². The minimum atomic E-state index is -0.246. The maximum atomic E-state index is 13.7. The molecular formula is C24H30FN3. The van der Waals surface area contributed by atoms with Gasteiger partial charge in [-0.25, -0.2) is 4.39 Å². The van der Waals surface area contributed by atoms with Crippen LogP contribution < -0.4 is 10.6 Å². The summed E-state index contributed by atoms with van der Waals surface area (Å²) >= 11 is 0. The van der Waals surface area contributed by atoms with E-state index >= 15 is 0 Å². The van der Waals surface area contributed by atoms with E-state index < -0.39 is 0 Å². The van der Waals surface area contributed by atoms with Crippen LogP contribution in [0.3, 0.4) is 0 Å². The van der Waals surface area contributed by atoms with Gasteiger partial charge in [-0.15, -0.1) is 0 Å². The number of benzene rings is 2. The van der Waals surface area contributed by atoms with Gasteiger partial charge in [0.05, 0.1) is 11.4 Å². The molecule has 3 nitrogen and oxygen atoms in total. The van der Waals surface area contributed by atoms with Gasteiger partial charge in [0.1, 0.15) is 5.82 Å². The number of nitrogens with two attached hydrogens (primary N) is 1. The van der Waals surface area contributed by atoms with Crippen LogP contribution in [-0.2, 0) is 12.8 Å². The summed E-state index contributed by atoms with van der Waals surface area (Å²) in [6.45, 7) is 8.34. The first-order valence-electron chi connectivity index (χ1n) is 10.4. The lowest BCUT2D eigenvalue weighted by Gasteiger charge is -2.38. The van der Waals surface area contributed by atoms with Crippen LogP contribution in [0.5, 0.6) is 0 Å². The Kier molecular flexibility index (Phi) is 5.67. The third kappa shape index (κ3) is 4.22. The summed E-state index contributed by atoms with van der Waals surface area (Å²) in [6.07, 6.45) is 5.52. The highest BCUT2D eigenvalue weighted by Crippen LogP contribution is 2.36. The summed E-state index contributed by atoms with van der Waals surface area (Å²) in [4.78, 5) is 4.71. The minimum Gasteiger partial charge on any atom is -0.397 e. The van der Waals surface area contributed by atoms with E-state index in [0.717, 1.165) is 61.9 Å². The molecular weight excluding hydrogens is 349 g/mol. The van der Waals surface area contributed by atoms with Gasteiger partial charge in [0, 0.05) is 18.8 Å². The fraction of sp³-hybridized carbons (Fsp3) is 0.417. The predicted octanol–water partition coefficient (Wildman–Crippen LogP) is 4.63. The van der Waals surface area contributed by atoms with E-state index in [1.165, 1.54) is 30.9 Å². The zero-order valence-corrected chi connectivity index (χ0v) is 16.5. The smallest absolute Gasteiger partial charge is 0.125 e. The largest absolute Gasteiger partial charge is 0.397 e. The van der Waals surface area contributed by atoms with Crippen molar-refractivity contribution >= 4 is 11.4 Å². The van der Waals surface area contributed by atoms with Crippen LogP contribution in [0.15, 0.2) is 54.7 Å². The summed E-state index contributed by atoms with van der Waals surface area (Å²) in [7, 11) is 0. The van der Waals surface area contributed by atoms with E-state index in [1.807, 2.05) is 0 Å². The standard InChI is InChI=1S/C24H30FN3/c1-18(28-11-5-8-21-15-22(25)16-23(26)24(21)28)17-27-12-9-20(10-13-27)14-19-6-3-2-4-7-19/h2-4,6-7,15-16,20H,1,5,8-14,17,26H2. The van der Waals surface area contributed by atoms with Gasteiger partial charge in [-0.2, -0.15) is 0 Å². The molecule has 2 heterocycles. The van der Waals surface area contributed by atoms with Crippen LogP contribution in [0.1, 0.15) is 30.4 Å². The predicted molar refractivity (Wildman–Crippen MR) is 115 cm³/mol. The van der Waals surface area contributed by atoms with Gasteiger partial charge in [-0.3, -0.25) is 4.90 Å². The number of aryl methyl sites for hydroxylation is 1. The molecule has 0 unspecified atom stereocenters. The molecule has 0 amide bonds. The zero-order valence-electron chi connectivity index (χ0n) is 16.5. The van der Waals surface area contributed by atoms with E-state index in [-0.39, 0.29) is 5.82 Å². The van der Waals surface area contributed by atoms with Crippen molar-refractivity contribution in [3.8, 4) is 0 Å². The van der Waals surface area contributed by atoms with Gasteiger partial charge in [0.25, 0.3) is 0 Å². The first-order valence-corrected chi connectivity index (χ1v) is 10.4. The Hall–Kier alpha value is -2.33. The molecule has 4 rings (SSSR count). The molecule has 28 heavy (non-hydrogen) atoms. The highest BCUT2D eigenvalue weighted by molar-refractivity contribution is 5.75. The van der Waals surface area contributed by atoms with Crippen molar-refractivity contribution in [2.24, 2.45) is 5.92 Å². The van der Waals surface area contributed by atoms with Crippen molar-refractivity contribution in [1.29, 1.82) is 0 Å². The van der Waals surface area contributed by atoms with Crippen molar-refractivity contribution in [1.82, 2.24) is 4.90 Å². The second-order valence-corrected chi connectivity index (χ2v) is 8.23. The minimum absolute atomic E-state index is 0.246. The Labute approximate surface area is 167 Å². The summed E-state index contributed by atoms with van der Waals surface area (Å²) in [5.74, 6) is 0.519. The second-order valence-electron chi connectivity index (χ2n) is 8.23. The van der Waals surface area contributed by atoms with Crippen molar-refractivity contribution in [3.63, 3.8) is 0 Å². The van der Waals surface area contributed by atoms with Crippen LogP contribution in [-0.4, -0.2) is 31.1 Å². The number of fused-ring (bicyclic) bond motifs is 1. The SMILES string of the molecule is C=C(CN1CCC(Cc2ccccc2)CC1)N1CCCc2cc(F)cc(N)c21. The number of rotatable bonds is 5.